The van der Waals surface area contributed by atoms with Crippen molar-refractivity contribution in [3.8, 4) is 0 Å². The first-order valence-electron chi connectivity index (χ1n) is 5.81. The van der Waals surface area contributed by atoms with Crippen LogP contribution in [0.5, 0.6) is 0 Å². The Kier molecular flexibility index (Phi) is 5.80. The molecule has 0 saturated carbocycles. The predicted octanol–water partition coefficient (Wildman–Crippen LogP) is 0.632. The van der Waals surface area contributed by atoms with E-state index in [1.165, 1.54) is 0 Å². The highest BCUT2D eigenvalue weighted by Crippen LogP contribution is 2.03. The van der Waals surface area contributed by atoms with E-state index in [0.29, 0.717) is 12.1 Å². The monoisotopic (exact) mass is 270 g/mol. The molecule has 0 saturated heterocycles. The first kappa shape index (κ1) is 14.7. The van der Waals surface area contributed by atoms with Crippen LogP contribution in [0.15, 0.2) is 30.3 Å². The number of sulfonamides is 1. The van der Waals surface area contributed by atoms with Crippen molar-refractivity contribution in [1.29, 1.82) is 0 Å². The van der Waals surface area contributed by atoms with Crippen LogP contribution in [0.2, 0.25) is 0 Å². The smallest absolute Gasteiger partial charge is 0.235 e. The highest BCUT2D eigenvalue weighted by atomic mass is 32.2. The van der Waals surface area contributed by atoms with Gasteiger partial charge in [-0.05, 0) is 12.0 Å². The van der Waals surface area contributed by atoms with Crippen molar-refractivity contribution < 1.29 is 13.2 Å². The maximum absolute atomic E-state index is 11.7. The maximum Gasteiger partial charge on any atom is 0.235 e. The van der Waals surface area contributed by atoms with Gasteiger partial charge in [-0.1, -0.05) is 37.3 Å². The van der Waals surface area contributed by atoms with Crippen molar-refractivity contribution in [1.82, 2.24) is 10.0 Å². The first-order chi connectivity index (χ1) is 8.53. The number of nitrogens with one attached hydrogen (secondary N) is 2. The molecular weight excluding hydrogens is 252 g/mol. The molecule has 0 aromatic heterocycles. The normalized spacial score (nSPS) is 11.2. The highest BCUT2D eigenvalue weighted by molar-refractivity contribution is 7.88. The van der Waals surface area contributed by atoms with Gasteiger partial charge in [0.25, 0.3) is 0 Å². The van der Waals surface area contributed by atoms with Crippen LogP contribution in [0, 0.1) is 0 Å². The molecule has 0 radical (unpaired) electrons. The predicted molar refractivity (Wildman–Crippen MR) is 70.4 cm³/mol. The zero-order chi connectivity index (χ0) is 13.4. The Bertz CT molecular complexity index is 471. The van der Waals surface area contributed by atoms with Crippen LogP contribution < -0.4 is 10.0 Å². The lowest BCUT2D eigenvalue weighted by Gasteiger charge is -2.07. The number of carbonyl (C=O) groups excluding carboxylic acids is 1. The molecule has 100 valence electrons. The van der Waals surface area contributed by atoms with Crippen molar-refractivity contribution in [2.75, 3.05) is 13.1 Å². The fourth-order valence-corrected chi connectivity index (χ4v) is 2.43. The van der Waals surface area contributed by atoms with Gasteiger partial charge in [0.1, 0.15) is 0 Å². The van der Waals surface area contributed by atoms with Crippen LogP contribution in [0.4, 0.5) is 0 Å². The summed E-state index contributed by atoms with van der Waals surface area (Å²) in [5, 5.41) is 2.60. The average Bonchev–Trinajstić information content (AvgIpc) is 2.35. The van der Waals surface area contributed by atoms with Gasteiger partial charge < -0.3 is 5.32 Å². The van der Waals surface area contributed by atoms with Gasteiger partial charge >= 0.3 is 0 Å². The summed E-state index contributed by atoms with van der Waals surface area (Å²) in [7, 11) is -3.47. The lowest BCUT2D eigenvalue weighted by Crippen LogP contribution is -2.37. The number of carbonyl (C=O) groups is 1. The quantitative estimate of drug-likeness (QED) is 0.763. The van der Waals surface area contributed by atoms with Crippen molar-refractivity contribution >= 4 is 15.9 Å². The number of benzene rings is 1. The molecule has 6 heteroatoms. The number of rotatable bonds is 7. The van der Waals surface area contributed by atoms with Crippen LogP contribution in [0.1, 0.15) is 18.9 Å². The van der Waals surface area contributed by atoms with Crippen LogP contribution in [-0.2, 0) is 20.6 Å². The van der Waals surface area contributed by atoms with E-state index in [2.05, 4.69) is 10.0 Å². The van der Waals surface area contributed by atoms with Gasteiger partial charge in [0.15, 0.2) is 0 Å². The molecule has 2 N–H and O–H groups in total. The standard InChI is InChI=1S/C12H18N2O3S/c1-2-8-13-12(15)9-14-18(16,17)10-11-6-4-3-5-7-11/h3-7,14H,2,8-10H2,1H3,(H,13,15). The Morgan fingerprint density at radius 2 is 1.89 bits per heavy atom. The Morgan fingerprint density at radius 1 is 1.22 bits per heavy atom. The average molecular weight is 270 g/mol. The fraction of sp³-hybridized carbons (Fsp3) is 0.417. The van der Waals surface area contributed by atoms with Crippen LogP contribution in [0.25, 0.3) is 0 Å². The van der Waals surface area contributed by atoms with Gasteiger partial charge in [0.05, 0.1) is 12.3 Å². The molecule has 1 aromatic rings. The van der Waals surface area contributed by atoms with Gasteiger partial charge in [-0.25, -0.2) is 13.1 Å². The lowest BCUT2D eigenvalue weighted by atomic mass is 10.2. The third-order valence-corrected chi connectivity index (χ3v) is 3.52. The van der Waals surface area contributed by atoms with Crippen molar-refractivity contribution in [2.24, 2.45) is 0 Å². The third-order valence-electron chi connectivity index (χ3n) is 2.22. The molecule has 18 heavy (non-hydrogen) atoms. The summed E-state index contributed by atoms with van der Waals surface area (Å²) in [6.45, 7) is 2.27. The topological polar surface area (TPSA) is 75.3 Å². The van der Waals surface area contributed by atoms with E-state index in [1.807, 2.05) is 13.0 Å². The Labute approximate surface area is 108 Å². The molecule has 1 aromatic carbocycles. The molecule has 0 heterocycles. The summed E-state index contributed by atoms with van der Waals surface area (Å²) in [5.41, 5.74) is 0.693. The molecule has 0 atom stereocenters. The maximum atomic E-state index is 11.7. The van der Waals surface area contributed by atoms with E-state index < -0.39 is 10.0 Å². The van der Waals surface area contributed by atoms with Crippen LogP contribution in [-0.4, -0.2) is 27.4 Å². The second-order valence-corrected chi connectivity index (χ2v) is 5.72. The zero-order valence-corrected chi connectivity index (χ0v) is 11.2. The van der Waals surface area contributed by atoms with Crippen molar-refractivity contribution in [3.63, 3.8) is 0 Å². The third kappa shape index (κ3) is 5.79. The summed E-state index contributed by atoms with van der Waals surface area (Å²) in [6.07, 6.45) is 0.822. The summed E-state index contributed by atoms with van der Waals surface area (Å²) in [6, 6.07) is 8.84. The van der Waals surface area contributed by atoms with Gasteiger partial charge in [-0.2, -0.15) is 0 Å². The van der Waals surface area contributed by atoms with E-state index in [4.69, 9.17) is 0 Å². The number of amides is 1. The molecule has 0 spiro atoms. The molecule has 0 unspecified atom stereocenters. The zero-order valence-electron chi connectivity index (χ0n) is 10.3. The summed E-state index contributed by atoms with van der Waals surface area (Å²) in [5.74, 6) is -0.428. The Hall–Kier alpha value is -1.40. The molecule has 1 amide bonds. The fourth-order valence-electron chi connectivity index (χ4n) is 1.35. The second kappa shape index (κ2) is 7.13. The lowest BCUT2D eigenvalue weighted by molar-refractivity contribution is -0.119. The molecule has 0 fully saturated rings. The van der Waals surface area contributed by atoms with Crippen LogP contribution >= 0.6 is 0 Å². The van der Waals surface area contributed by atoms with Gasteiger partial charge in [0, 0.05) is 6.54 Å². The van der Waals surface area contributed by atoms with E-state index in [-0.39, 0.29) is 18.2 Å². The number of hydrogen-bond donors (Lipinski definition) is 2. The van der Waals surface area contributed by atoms with Crippen LogP contribution in [0.3, 0.4) is 0 Å². The minimum absolute atomic E-state index is 0.116. The molecule has 0 aliphatic carbocycles. The molecule has 5 nitrogen and oxygen atoms in total. The van der Waals surface area contributed by atoms with Crippen molar-refractivity contribution in [2.45, 2.75) is 19.1 Å². The minimum atomic E-state index is -3.47. The minimum Gasteiger partial charge on any atom is -0.355 e. The van der Waals surface area contributed by atoms with Gasteiger partial charge in [0.2, 0.25) is 15.9 Å². The second-order valence-electron chi connectivity index (χ2n) is 3.92. The highest BCUT2D eigenvalue weighted by Gasteiger charge is 2.12. The van der Waals surface area contributed by atoms with E-state index >= 15 is 0 Å². The summed E-state index contributed by atoms with van der Waals surface area (Å²) in [4.78, 5) is 11.3. The van der Waals surface area contributed by atoms with Gasteiger partial charge in [-0.3, -0.25) is 4.79 Å². The van der Waals surface area contributed by atoms with Crippen molar-refractivity contribution in [3.05, 3.63) is 35.9 Å². The molecule has 0 aliphatic heterocycles. The molecule has 0 aliphatic rings. The first-order valence-corrected chi connectivity index (χ1v) is 7.46. The van der Waals surface area contributed by atoms with E-state index in [0.717, 1.165) is 6.42 Å². The molecular formula is C12H18N2O3S. The Morgan fingerprint density at radius 3 is 2.50 bits per heavy atom. The SMILES string of the molecule is CCCNC(=O)CNS(=O)(=O)Cc1ccccc1. The van der Waals surface area contributed by atoms with Gasteiger partial charge in [-0.15, -0.1) is 0 Å². The summed E-state index contributed by atoms with van der Waals surface area (Å²) >= 11 is 0. The summed E-state index contributed by atoms with van der Waals surface area (Å²) < 4.78 is 25.7. The number of hydrogen-bond acceptors (Lipinski definition) is 3. The largest absolute Gasteiger partial charge is 0.355 e. The Balaban J connectivity index is 2.43. The van der Waals surface area contributed by atoms with E-state index in [1.54, 1.807) is 24.3 Å². The molecule has 0 bridgehead atoms. The molecule has 1 rings (SSSR count). The van der Waals surface area contributed by atoms with E-state index in [9.17, 15) is 13.2 Å².